The maximum Gasteiger partial charge on any atom is 0.273 e. The van der Waals surface area contributed by atoms with E-state index in [0.717, 1.165) is 4.68 Å². The number of carbonyl (C=O) groups is 1. The molecular formula is C16H15N3O4. The van der Waals surface area contributed by atoms with Gasteiger partial charge >= 0.3 is 0 Å². The molecule has 1 aromatic carbocycles. The van der Waals surface area contributed by atoms with Crippen molar-refractivity contribution in [2.75, 3.05) is 0 Å². The van der Waals surface area contributed by atoms with Crippen molar-refractivity contribution in [1.82, 2.24) is 15.1 Å². The Bertz CT molecular complexity index is 953. The van der Waals surface area contributed by atoms with Crippen LogP contribution in [0.4, 0.5) is 0 Å². The first-order valence-electron chi connectivity index (χ1n) is 7.11. The van der Waals surface area contributed by atoms with E-state index >= 15 is 0 Å². The van der Waals surface area contributed by atoms with E-state index in [-0.39, 0.29) is 18.0 Å². The Labute approximate surface area is 130 Å². The molecule has 7 heteroatoms. The number of nitrogens with one attached hydrogen (secondary N) is 2. The lowest BCUT2D eigenvalue weighted by Gasteiger charge is -2.12. The van der Waals surface area contributed by atoms with E-state index in [1.807, 2.05) is 0 Å². The van der Waals surface area contributed by atoms with E-state index < -0.39 is 17.0 Å². The van der Waals surface area contributed by atoms with Crippen LogP contribution in [0.25, 0.3) is 10.8 Å². The number of H-pyrrole nitrogens is 1. The molecule has 1 amide bonds. The van der Waals surface area contributed by atoms with Gasteiger partial charge in [-0.15, -0.1) is 0 Å². The fraction of sp³-hybridized carbons (Fsp3) is 0.188. The average Bonchev–Trinajstić information content (AvgIpc) is 3.07. The predicted octanol–water partition coefficient (Wildman–Crippen LogP) is 1.16. The summed E-state index contributed by atoms with van der Waals surface area (Å²) in [5.74, 6) is 0.208. The van der Waals surface area contributed by atoms with E-state index in [1.54, 1.807) is 43.3 Å². The summed E-state index contributed by atoms with van der Waals surface area (Å²) in [5, 5.41) is 5.72. The van der Waals surface area contributed by atoms with Crippen LogP contribution in [-0.4, -0.2) is 15.7 Å². The molecule has 0 aliphatic heterocycles. The Hall–Kier alpha value is -3.09. The average molecular weight is 313 g/mol. The topological polar surface area (TPSA) is 97.1 Å². The van der Waals surface area contributed by atoms with Gasteiger partial charge in [-0.2, -0.15) is 0 Å². The molecule has 1 atom stereocenters. The number of aromatic nitrogens is 2. The van der Waals surface area contributed by atoms with Crippen LogP contribution in [0.5, 0.6) is 0 Å². The Kier molecular flexibility index (Phi) is 3.84. The van der Waals surface area contributed by atoms with Crippen LogP contribution in [0, 0.1) is 0 Å². The molecule has 0 spiro atoms. The highest BCUT2D eigenvalue weighted by Gasteiger charge is 2.14. The highest BCUT2D eigenvalue weighted by molar-refractivity contribution is 5.81. The summed E-state index contributed by atoms with van der Waals surface area (Å²) in [4.78, 5) is 36.4. The van der Waals surface area contributed by atoms with Gasteiger partial charge in [-0.05, 0) is 31.2 Å². The van der Waals surface area contributed by atoms with Crippen LogP contribution in [-0.2, 0) is 11.3 Å². The zero-order valence-corrected chi connectivity index (χ0v) is 12.4. The molecule has 0 saturated carbocycles. The van der Waals surface area contributed by atoms with Gasteiger partial charge in [-0.1, -0.05) is 12.1 Å². The highest BCUT2D eigenvalue weighted by atomic mass is 16.3. The van der Waals surface area contributed by atoms with E-state index in [2.05, 4.69) is 10.4 Å². The number of fused-ring (bicyclic) bond motifs is 1. The van der Waals surface area contributed by atoms with Crippen LogP contribution in [0.1, 0.15) is 18.7 Å². The van der Waals surface area contributed by atoms with E-state index in [4.69, 9.17) is 4.42 Å². The van der Waals surface area contributed by atoms with Crippen molar-refractivity contribution in [3.8, 4) is 0 Å². The fourth-order valence-corrected chi connectivity index (χ4v) is 2.40. The zero-order chi connectivity index (χ0) is 16.4. The zero-order valence-electron chi connectivity index (χ0n) is 12.4. The van der Waals surface area contributed by atoms with Crippen molar-refractivity contribution >= 4 is 16.7 Å². The Morgan fingerprint density at radius 2 is 1.96 bits per heavy atom. The first-order valence-corrected chi connectivity index (χ1v) is 7.11. The minimum atomic E-state index is -0.416. The lowest BCUT2D eigenvalue weighted by molar-refractivity contribution is -0.122. The van der Waals surface area contributed by atoms with Crippen molar-refractivity contribution in [3.63, 3.8) is 0 Å². The molecule has 1 unspecified atom stereocenters. The van der Waals surface area contributed by atoms with Gasteiger partial charge in [0.05, 0.1) is 23.1 Å². The van der Waals surface area contributed by atoms with Crippen LogP contribution < -0.4 is 16.4 Å². The van der Waals surface area contributed by atoms with E-state index in [0.29, 0.717) is 11.1 Å². The lowest BCUT2D eigenvalue weighted by Crippen LogP contribution is -2.37. The molecule has 0 fully saturated rings. The standard InChI is InChI=1S/C16H15N3O4/c1-10(13-7-4-8-23-13)17-14(20)9-19-16(22)12-6-3-2-5-11(12)15(21)18-19/h2-8,10H,9H2,1H3,(H,17,20)(H,18,21). The third kappa shape index (κ3) is 2.94. The Morgan fingerprint density at radius 1 is 1.22 bits per heavy atom. The number of hydrogen-bond acceptors (Lipinski definition) is 4. The molecule has 3 aromatic rings. The molecule has 3 rings (SSSR count). The second-order valence-electron chi connectivity index (χ2n) is 5.18. The first kappa shape index (κ1) is 14.8. The van der Waals surface area contributed by atoms with Crippen LogP contribution in [0.15, 0.2) is 56.7 Å². The predicted molar refractivity (Wildman–Crippen MR) is 84.1 cm³/mol. The van der Waals surface area contributed by atoms with E-state index in [1.165, 1.54) is 6.26 Å². The third-order valence-corrected chi connectivity index (χ3v) is 3.53. The molecule has 7 nitrogen and oxygen atoms in total. The van der Waals surface area contributed by atoms with Crippen LogP contribution in [0.3, 0.4) is 0 Å². The van der Waals surface area contributed by atoms with Crippen LogP contribution >= 0.6 is 0 Å². The lowest BCUT2D eigenvalue weighted by atomic mass is 10.2. The van der Waals surface area contributed by atoms with Crippen molar-refractivity contribution in [3.05, 3.63) is 69.1 Å². The van der Waals surface area contributed by atoms with Gasteiger partial charge in [0.1, 0.15) is 12.3 Å². The molecule has 118 valence electrons. The van der Waals surface area contributed by atoms with Crippen LogP contribution in [0.2, 0.25) is 0 Å². The molecule has 0 aliphatic rings. The van der Waals surface area contributed by atoms with Crippen molar-refractivity contribution in [2.45, 2.75) is 19.5 Å². The molecule has 0 saturated heterocycles. The number of aromatic amines is 1. The SMILES string of the molecule is CC(NC(=O)Cn1[nH]c(=O)c2ccccc2c1=O)c1ccco1. The van der Waals surface area contributed by atoms with Gasteiger partial charge in [-0.3, -0.25) is 19.5 Å². The summed E-state index contributed by atoms with van der Waals surface area (Å²) >= 11 is 0. The summed E-state index contributed by atoms with van der Waals surface area (Å²) in [5.41, 5.74) is -0.826. The van der Waals surface area contributed by atoms with Crippen molar-refractivity contribution in [1.29, 1.82) is 0 Å². The van der Waals surface area contributed by atoms with Crippen molar-refractivity contribution in [2.24, 2.45) is 0 Å². The molecule has 2 aromatic heterocycles. The summed E-state index contributed by atoms with van der Waals surface area (Å²) in [6.45, 7) is 1.49. The molecule has 0 radical (unpaired) electrons. The monoisotopic (exact) mass is 313 g/mol. The maximum absolute atomic E-state index is 12.3. The van der Waals surface area contributed by atoms with Gasteiger partial charge in [0.15, 0.2) is 0 Å². The maximum atomic E-state index is 12.3. The van der Waals surface area contributed by atoms with Gasteiger partial charge in [0.2, 0.25) is 5.91 Å². The molecule has 0 aliphatic carbocycles. The molecular weight excluding hydrogens is 298 g/mol. The smallest absolute Gasteiger partial charge is 0.273 e. The van der Waals surface area contributed by atoms with Crippen molar-refractivity contribution < 1.29 is 9.21 Å². The third-order valence-electron chi connectivity index (χ3n) is 3.53. The molecule has 2 N–H and O–H groups in total. The number of carbonyl (C=O) groups excluding carboxylic acids is 1. The van der Waals surface area contributed by atoms with Gasteiger partial charge in [0, 0.05) is 0 Å². The number of furan rings is 1. The largest absolute Gasteiger partial charge is 0.467 e. The normalized spacial score (nSPS) is 12.2. The van der Waals surface area contributed by atoms with E-state index in [9.17, 15) is 14.4 Å². The second kappa shape index (κ2) is 5.96. The summed E-state index contributed by atoms with van der Waals surface area (Å²) in [7, 11) is 0. The number of nitrogens with zero attached hydrogens (tertiary/aromatic N) is 1. The molecule has 2 heterocycles. The minimum absolute atomic E-state index is 0.274. The second-order valence-corrected chi connectivity index (χ2v) is 5.18. The molecule has 0 bridgehead atoms. The minimum Gasteiger partial charge on any atom is -0.467 e. The highest BCUT2D eigenvalue weighted by Crippen LogP contribution is 2.11. The number of hydrogen-bond donors (Lipinski definition) is 2. The van der Waals surface area contributed by atoms with Gasteiger partial charge in [-0.25, -0.2) is 4.68 Å². The first-order chi connectivity index (χ1) is 11.1. The Morgan fingerprint density at radius 3 is 2.65 bits per heavy atom. The summed E-state index contributed by atoms with van der Waals surface area (Å²) < 4.78 is 6.21. The summed E-state index contributed by atoms with van der Waals surface area (Å²) in [6.07, 6.45) is 1.52. The number of rotatable bonds is 4. The van der Waals surface area contributed by atoms with Gasteiger partial charge < -0.3 is 9.73 Å². The number of benzene rings is 1. The van der Waals surface area contributed by atoms with Gasteiger partial charge in [0.25, 0.3) is 11.1 Å². The quantitative estimate of drug-likeness (QED) is 0.755. The number of amides is 1. The Balaban J connectivity index is 1.84. The fourth-order valence-electron chi connectivity index (χ4n) is 2.40. The summed E-state index contributed by atoms with van der Waals surface area (Å²) in [6, 6.07) is 9.62. The molecule has 23 heavy (non-hydrogen) atoms.